The third kappa shape index (κ3) is 8.43. The van der Waals surface area contributed by atoms with E-state index in [0.717, 1.165) is 24.8 Å². The van der Waals surface area contributed by atoms with Crippen molar-refractivity contribution >= 4 is 23.3 Å². The van der Waals surface area contributed by atoms with Crippen LogP contribution in [0.4, 0.5) is 5.69 Å². The van der Waals surface area contributed by atoms with Crippen LogP contribution in [-0.4, -0.2) is 52.9 Å². The molecule has 1 fully saturated rings. The van der Waals surface area contributed by atoms with E-state index in [2.05, 4.69) is 5.32 Å². The van der Waals surface area contributed by atoms with Crippen molar-refractivity contribution in [1.29, 1.82) is 0 Å². The number of ketones is 1. The van der Waals surface area contributed by atoms with Gasteiger partial charge in [0.25, 0.3) is 0 Å². The summed E-state index contributed by atoms with van der Waals surface area (Å²) in [5.74, 6) is -0.291. The van der Waals surface area contributed by atoms with E-state index in [4.69, 9.17) is 4.74 Å². The Morgan fingerprint density at radius 2 is 1.61 bits per heavy atom. The lowest BCUT2D eigenvalue weighted by Gasteiger charge is -2.34. The van der Waals surface area contributed by atoms with E-state index in [0.29, 0.717) is 48.2 Å². The van der Waals surface area contributed by atoms with E-state index >= 15 is 0 Å². The van der Waals surface area contributed by atoms with Crippen molar-refractivity contribution in [3.05, 3.63) is 95.6 Å². The van der Waals surface area contributed by atoms with Gasteiger partial charge < -0.3 is 20.1 Å². The molecule has 7 heteroatoms. The summed E-state index contributed by atoms with van der Waals surface area (Å²) in [5, 5.41) is 13.0. The second-order valence-corrected chi connectivity index (χ2v) is 10.6. The maximum Gasteiger partial charge on any atom is 0.326 e. The van der Waals surface area contributed by atoms with Crippen molar-refractivity contribution in [3.8, 4) is 5.75 Å². The number of anilines is 1. The standard InChI is InChI=1S/C34H40N2O5/c1-2-11-32(37)36(27-14-7-4-8-15-27)22-23-41-28-20-18-25(19-21-28)24-31(34(39)40)35-30-17-10-9-16-29(30)33(38)26-12-5-3-6-13-26/h3,5-6,9-10,12-13,16-21,27,31,35H,2,4,7-8,11,14-15,22-24H2,1H3,(H,39,40). The van der Waals surface area contributed by atoms with Crippen LogP contribution >= 0.6 is 0 Å². The lowest BCUT2D eigenvalue weighted by atomic mass is 9.94. The smallest absolute Gasteiger partial charge is 0.326 e. The van der Waals surface area contributed by atoms with Crippen molar-refractivity contribution < 1.29 is 24.2 Å². The number of carbonyl (C=O) groups is 3. The largest absolute Gasteiger partial charge is 0.492 e. The molecule has 0 aromatic heterocycles. The Balaban J connectivity index is 1.36. The van der Waals surface area contributed by atoms with Crippen molar-refractivity contribution in [2.75, 3.05) is 18.5 Å². The number of carboxylic acids is 1. The molecular formula is C34H40N2O5. The third-order valence-electron chi connectivity index (χ3n) is 7.60. The molecule has 1 unspecified atom stereocenters. The summed E-state index contributed by atoms with van der Waals surface area (Å²) in [6.45, 7) is 3.01. The molecule has 7 nitrogen and oxygen atoms in total. The molecule has 216 valence electrons. The molecule has 3 aromatic carbocycles. The van der Waals surface area contributed by atoms with Gasteiger partial charge in [-0.05, 0) is 49.1 Å². The number of ether oxygens (including phenoxy) is 1. The fourth-order valence-electron chi connectivity index (χ4n) is 5.42. The fourth-order valence-corrected chi connectivity index (χ4v) is 5.42. The highest BCUT2D eigenvalue weighted by Crippen LogP contribution is 2.24. The summed E-state index contributed by atoms with van der Waals surface area (Å²) >= 11 is 0. The van der Waals surface area contributed by atoms with Gasteiger partial charge in [0.2, 0.25) is 5.91 Å². The number of nitrogens with zero attached hydrogens (tertiary/aromatic N) is 1. The number of carbonyl (C=O) groups excluding carboxylic acids is 2. The molecule has 41 heavy (non-hydrogen) atoms. The minimum Gasteiger partial charge on any atom is -0.492 e. The number of amides is 1. The molecule has 3 aromatic rings. The number of hydrogen-bond donors (Lipinski definition) is 2. The molecule has 0 heterocycles. The van der Waals surface area contributed by atoms with Crippen LogP contribution in [0.5, 0.6) is 5.75 Å². The second-order valence-electron chi connectivity index (χ2n) is 10.6. The molecule has 1 saturated carbocycles. The SMILES string of the molecule is CCCC(=O)N(CCOc1ccc(CC(Nc2ccccc2C(=O)c2ccccc2)C(=O)O)cc1)C1CCCCC1. The topological polar surface area (TPSA) is 95.9 Å². The van der Waals surface area contributed by atoms with Gasteiger partial charge in [-0.1, -0.05) is 80.8 Å². The zero-order valence-electron chi connectivity index (χ0n) is 23.8. The molecule has 1 aliphatic rings. The number of para-hydroxylation sites is 1. The fraction of sp³-hybridized carbons (Fsp3) is 0.382. The van der Waals surface area contributed by atoms with Gasteiger partial charge in [0, 0.05) is 35.7 Å². The highest BCUT2D eigenvalue weighted by atomic mass is 16.5. The quantitative estimate of drug-likeness (QED) is 0.224. The summed E-state index contributed by atoms with van der Waals surface area (Å²) in [5.41, 5.74) is 2.27. The summed E-state index contributed by atoms with van der Waals surface area (Å²) in [7, 11) is 0. The molecule has 0 aliphatic heterocycles. The van der Waals surface area contributed by atoms with Crippen LogP contribution in [0.1, 0.15) is 73.4 Å². The summed E-state index contributed by atoms with van der Waals surface area (Å²) in [6.07, 6.45) is 7.34. The zero-order chi connectivity index (χ0) is 29.0. The molecule has 0 radical (unpaired) electrons. The summed E-state index contributed by atoms with van der Waals surface area (Å²) < 4.78 is 5.98. The van der Waals surface area contributed by atoms with Crippen LogP contribution < -0.4 is 10.1 Å². The van der Waals surface area contributed by atoms with Crippen molar-refractivity contribution in [2.45, 2.75) is 70.4 Å². The van der Waals surface area contributed by atoms with Gasteiger partial charge in [-0.25, -0.2) is 4.79 Å². The lowest BCUT2D eigenvalue weighted by Crippen LogP contribution is -2.43. The Hall–Kier alpha value is -4.13. The lowest BCUT2D eigenvalue weighted by molar-refractivity contribution is -0.138. The Kier molecular flexibility index (Phi) is 10.9. The third-order valence-corrected chi connectivity index (χ3v) is 7.60. The van der Waals surface area contributed by atoms with E-state index in [1.807, 2.05) is 42.2 Å². The van der Waals surface area contributed by atoms with Gasteiger partial charge >= 0.3 is 5.97 Å². The molecule has 1 atom stereocenters. The second kappa shape index (κ2) is 15.0. The monoisotopic (exact) mass is 556 g/mol. The normalized spacial score (nSPS) is 14.2. The van der Waals surface area contributed by atoms with E-state index < -0.39 is 12.0 Å². The molecule has 0 saturated heterocycles. The predicted octanol–water partition coefficient (Wildman–Crippen LogP) is 6.37. The van der Waals surface area contributed by atoms with Crippen LogP contribution in [0.25, 0.3) is 0 Å². The van der Waals surface area contributed by atoms with Gasteiger partial charge in [0.05, 0.1) is 6.54 Å². The number of aliphatic carboxylic acids is 1. The van der Waals surface area contributed by atoms with Gasteiger partial charge in [0.1, 0.15) is 18.4 Å². The Morgan fingerprint density at radius 1 is 0.927 bits per heavy atom. The maximum atomic E-state index is 13.1. The van der Waals surface area contributed by atoms with Crippen molar-refractivity contribution in [2.24, 2.45) is 0 Å². The van der Waals surface area contributed by atoms with E-state index in [9.17, 15) is 19.5 Å². The van der Waals surface area contributed by atoms with Crippen LogP contribution in [0.15, 0.2) is 78.9 Å². The van der Waals surface area contributed by atoms with Gasteiger partial charge in [0.15, 0.2) is 5.78 Å². The Morgan fingerprint density at radius 3 is 2.29 bits per heavy atom. The highest BCUT2D eigenvalue weighted by Gasteiger charge is 2.25. The van der Waals surface area contributed by atoms with Crippen LogP contribution in [0.2, 0.25) is 0 Å². The first kappa shape index (κ1) is 29.8. The van der Waals surface area contributed by atoms with E-state index in [-0.39, 0.29) is 18.1 Å². The van der Waals surface area contributed by atoms with Crippen LogP contribution in [0.3, 0.4) is 0 Å². The first-order valence-electron chi connectivity index (χ1n) is 14.7. The average Bonchev–Trinajstić information content (AvgIpc) is 3.00. The molecule has 1 aliphatic carbocycles. The molecular weight excluding hydrogens is 516 g/mol. The van der Waals surface area contributed by atoms with Crippen molar-refractivity contribution in [3.63, 3.8) is 0 Å². The summed E-state index contributed by atoms with van der Waals surface area (Å²) in [4.78, 5) is 40.0. The van der Waals surface area contributed by atoms with Gasteiger partial charge in [-0.15, -0.1) is 0 Å². The number of hydrogen-bond acceptors (Lipinski definition) is 5. The van der Waals surface area contributed by atoms with E-state index in [1.165, 1.54) is 19.3 Å². The minimum atomic E-state index is -1.01. The molecule has 0 spiro atoms. The summed E-state index contributed by atoms with van der Waals surface area (Å²) in [6, 6.07) is 22.7. The van der Waals surface area contributed by atoms with Gasteiger partial charge in [-0.2, -0.15) is 0 Å². The van der Waals surface area contributed by atoms with E-state index in [1.54, 1.807) is 48.5 Å². The zero-order valence-corrected chi connectivity index (χ0v) is 23.8. The van der Waals surface area contributed by atoms with Crippen LogP contribution in [0, 0.1) is 0 Å². The molecule has 2 N–H and O–H groups in total. The van der Waals surface area contributed by atoms with Gasteiger partial charge in [-0.3, -0.25) is 9.59 Å². The first-order valence-corrected chi connectivity index (χ1v) is 14.7. The first-order chi connectivity index (χ1) is 20.0. The molecule has 4 rings (SSSR count). The molecule has 0 bridgehead atoms. The highest BCUT2D eigenvalue weighted by molar-refractivity contribution is 6.12. The predicted molar refractivity (Wildman–Crippen MR) is 160 cm³/mol. The molecule has 1 amide bonds. The number of benzene rings is 3. The van der Waals surface area contributed by atoms with Crippen LogP contribution in [-0.2, 0) is 16.0 Å². The minimum absolute atomic E-state index is 0.169. The Bertz CT molecular complexity index is 1290. The Labute approximate surface area is 242 Å². The number of carboxylic acid groups (broad SMARTS) is 1. The number of nitrogens with one attached hydrogen (secondary N) is 1. The maximum absolute atomic E-state index is 13.1. The average molecular weight is 557 g/mol. The van der Waals surface area contributed by atoms with Crippen molar-refractivity contribution in [1.82, 2.24) is 4.90 Å². The number of rotatable bonds is 14.